The zero-order chi connectivity index (χ0) is 15.8. The average molecular weight is 309 g/mol. The number of H-pyrrole nitrogens is 1. The number of rotatable bonds is 4. The number of aryl methyl sites for hydroxylation is 4. The van der Waals surface area contributed by atoms with Crippen molar-refractivity contribution < 1.29 is 13.2 Å². The summed E-state index contributed by atoms with van der Waals surface area (Å²) in [4.78, 5) is 0.267. The third-order valence-corrected chi connectivity index (χ3v) is 4.96. The molecule has 2 N–H and O–H groups in total. The Morgan fingerprint density at radius 3 is 2.14 bits per heavy atom. The van der Waals surface area contributed by atoms with Crippen molar-refractivity contribution in [3.05, 3.63) is 34.6 Å². The zero-order valence-corrected chi connectivity index (χ0v) is 13.6. The van der Waals surface area contributed by atoms with Gasteiger partial charge in [-0.3, -0.25) is 9.82 Å². The second-order valence-corrected chi connectivity index (χ2v) is 6.62. The highest BCUT2D eigenvalue weighted by Crippen LogP contribution is 2.28. The Hall–Kier alpha value is -2.02. The van der Waals surface area contributed by atoms with Gasteiger partial charge in [0.2, 0.25) is 0 Å². The molecule has 2 aromatic rings. The van der Waals surface area contributed by atoms with Gasteiger partial charge in [0.25, 0.3) is 10.0 Å². The highest BCUT2D eigenvalue weighted by molar-refractivity contribution is 7.92. The third-order valence-electron chi connectivity index (χ3n) is 3.30. The Balaban J connectivity index is 2.50. The number of aromatic nitrogens is 2. The van der Waals surface area contributed by atoms with Crippen LogP contribution in [0.1, 0.15) is 22.5 Å². The molecule has 21 heavy (non-hydrogen) atoms. The molecule has 0 aliphatic heterocycles. The summed E-state index contributed by atoms with van der Waals surface area (Å²) >= 11 is 0. The molecular formula is C14H19N3O3S. The van der Waals surface area contributed by atoms with Crippen molar-refractivity contribution in [1.29, 1.82) is 0 Å². The van der Waals surface area contributed by atoms with Crippen LogP contribution in [-0.4, -0.2) is 25.7 Å². The van der Waals surface area contributed by atoms with Crippen molar-refractivity contribution in [2.45, 2.75) is 32.6 Å². The fourth-order valence-corrected chi connectivity index (χ4v) is 3.98. The Morgan fingerprint density at radius 1 is 1.14 bits per heavy atom. The van der Waals surface area contributed by atoms with Crippen LogP contribution in [0.2, 0.25) is 0 Å². The number of nitrogens with zero attached hydrogens (tertiary/aromatic N) is 1. The lowest BCUT2D eigenvalue weighted by Gasteiger charge is -2.14. The topological polar surface area (TPSA) is 84.1 Å². The number of sulfonamides is 1. The predicted molar refractivity (Wildman–Crippen MR) is 81.3 cm³/mol. The van der Waals surface area contributed by atoms with Crippen molar-refractivity contribution in [2.24, 2.45) is 0 Å². The third kappa shape index (κ3) is 2.87. The van der Waals surface area contributed by atoms with Crippen molar-refractivity contribution >= 4 is 15.7 Å². The van der Waals surface area contributed by atoms with E-state index < -0.39 is 10.0 Å². The minimum absolute atomic E-state index is 0.267. The number of hydrogen-bond donors (Lipinski definition) is 2. The molecule has 1 aromatic heterocycles. The van der Waals surface area contributed by atoms with E-state index in [1.165, 1.54) is 0 Å². The van der Waals surface area contributed by atoms with Gasteiger partial charge in [-0.2, -0.15) is 5.10 Å². The lowest BCUT2D eigenvalue weighted by atomic mass is 10.1. The molecule has 0 bridgehead atoms. The van der Waals surface area contributed by atoms with Crippen LogP contribution in [0.3, 0.4) is 0 Å². The summed E-state index contributed by atoms with van der Waals surface area (Å²) in [5, 5.41) is 6.76. The molecule has 1 heterocycles. The maximum Gasteiger partial charge on any atom is 0.262 e. The molecule has 1 aromatic carbocycles. The lowest BCUT2D eigenvalue weighted by Crippen LogP contribution is -2.16. The Bertz CT molecular complexity index is 736. The molecule has 0 atom stereocenters. The standard InChI is InChI=1S/C14H19N3O3S/c1-8-6-12(20-5)7-9(2)14(8)21(18,19)17-13-10(3)15-16-11(13)4/h6-7,17H,1-5H3,(H,15,16). The molecule has 114 valence electrons. The minimum atomic E-state index is -3.68. The molecule has 0 spiro atoms. The minimum Gasteiger partial charge on any atom is -0.497 e. The fourth-order valence-electron chi connectivity index (χ4n) is 2.34. The van der Waals surface area contributed by atoms with Gasteiger partial charge in [0.05, 0.1) is 29.1 Å². The molecule has 7 heteroatoms. The maximum absolute atomic E-state index is 12.7. The summed E-state index contributed by atoms with van der Waals surface area (Å²) in [5.74, 6) is 0.639. The molecule has 0 saturated heterocycles. The summed E-state index contributed by atoms with van der Waals surface area (Å²) < 4.78 is 33.1. The SMILES string of the molecule is COc1cc(C)c(S(=O)(=O)Nc2c(C)n[nH]c2C)c(C)c1. The van der Waals surface area contributed by atoms with Crippen LogP contribution >= 0.6 is 0 Å². The van der Waals surface area contributed by atoms with Crippen molar-refractivity contribution in [3.8, 4) is 5.75 Å². The second-order valence-electron chi connectivity index (χ2n) is 5.00. The van der Waals surface area contributed by atoms with E-state index >= 15 is 0 Å². The van der Waals surface area contributed by atoms with Crippen LogP contribution in [0.5, 0.6) is 5.75 Å². The van der Waals surface area contributed by atoms with E-state index in [0.717, 1.165) is 0 Å². The molecule has 2 rings (SSSR count). The van der Waals surface area contributed by atoms with E-state index in [9.17, 15) is 8.42 Å². The molecule has 6 nitrogen and oxygen atoms in total. The number of hydrogen-bond acceptors (Lipinski definition) is 4. The summed E-state index contributed by atoms with van der Waals surface area (Å²) in [6.45, 7) is 7.01. The average Bonchev–Trinajstić information content (AvgIpc) is 2.68. The largest absolute Gasteiger partial charge is 0.497 e. The number of benzene rings is 1. The first-order chi connectivity index (χ1) is 9.76. The second kappa shape index (κ2) is 5.40. The summed E-state index contributed by atoms with van der Waals surface area (Å²) in [6, 6.07) is 3.41. The van der Waals surface area contributed by atoms with Crippen LogP contribution in [0.25, 0.3) is 0 Å². The van der Waals surface area contributed by atoms with E-state index in [2.05, 4.69) is 14.9 Å². The number of ether oxygens (including phenoxy) is 1. The van der Waals surface area contributed by atoms with Gasteiger partial charge < -0.3 is 4.74 Å². The highest BCUT2D eigenvalue weighted by atomic mass is 32.2. The number of methoxy groups -OCH3 is 1. The Kier molecular flexibility index (Phi) is 3.95. The molecule has 0 saturated carbocycles. The molecule has 0 radical (unpaired) electrons. The van der Waals surface area contributed by atoms with Gasteiger partial charge in [0.15, 0.2) is 0 Å². The van der Waals surface area contributed by atoms with Gasteiger partial charge in [-0.25, -0.2) is 8.42 Å². The van der Waals surface area contributed by atoms with Crippen LogP contribution in [0.4, 0.5) is 5.69 Å². The summed E-state index contributed by atoms with van der Waals surface area (Å²) in [6.07, 6.45) is 0. The van der Waals surface area contributed by atoms with Crippen LogP contribution in [-0.2, 0) is 10.0 Å². The summed E-state index contributed by atoms with van der Waals surface area (Å²) in [7, 11) is -2.13. The van der Waals surface area contributed by atoms with Crippen molar-refractivity contribution in [1.82, 2.24) is 10.2 Å². The molecule has 0 fully saturated rings. The first-order valence-corrected chi connectivity index (χ1v) is 7.94. The molecule has 0 aliphatic carbocycles. The van der Waals surface area contributed by atoms with Crippen molar-refractivity contribution in [2.75, 3.05) is 11.8 Å². The van der Waals surface area contributed by atoms with Gasteiger partial charge in [-0.1, -0.05) is 0 Å². The highest BCUT2D eigenvalue weighted by Gasteiger charge is 2.22. The Labute approximate surface area is 124 Å². The van der Waals surface area contributed by atoms with Gasteiger partial charge in [-0.15, -0.1) is 0 Å². The van der Waals surface area contributed by atoms with Crippen LogP contribution in [0, 0.1) is 27.7 Å². The quantitative estimate of drug-likeness (QED) is 0.908. The van der Waals surface area contributed by atoms with Crippen molar-refractivity contribution in [3.63, 3.8) is 0 Å². The summed E-state index contributed by atoms with van der Waals surface area (Å²) in [5.41, 5.74) is 3.06. The van der Waals surface area contributed by atoms with Gasteiger partial charge >= 0.3 is 0 Å². The van der Waals surface area contributed by atoms with E-state index in [1.54, 1.807) is 46.9 Å². The molecular weight excluding hydrogens is 290 g/mol. The van der Waals surface area contributed by atoms with Crippen LogP contribution < -0.4 is 9.46 Å². The van der Waals surface area contributed by atoms with Crippen LogP contribution in [0.15, 0.2) is 17.0 Å². The lowest BCUT2D eigenvalue weighted by molar-refractivity contribution is 0.413. The number of nitrogens with one attached hydrogen (secondary N) is 2. The first kappa shape index (κ1) is 15.4. The predicted octanol–water partition coefficient (Wildman–Crippen LogP) is 2.45. The monoisotopic (exact) mass is 309 g/mol. The maximum atomic E-state index is 12.7. The smallest absolute Gasteiger partial charge is 0.262 e. The molecule has 0 aliphatic rings. The fraction of sp³-hybridized carbons (Fsp3) is 0.357. The van der Waals surface area contributed by atoms with Gasteiger partial charge in [0, 0.05) is 0 Å². The van der Waals surface area contributed by atoms with Gasteiger partial charge in [0.1, 0.15) is 5.75 Å². The van der Waals surface area contributed by atoms with Gasteiger partial charge in [-0.05, 0) is 51.0 Å². The van der Waals surface area contributed by atoms with E-state index in [4.69, 9.17) is 4.74 Å². The first-order valence-electron chi connectivity index (χ1n) is 6.46. The Morgan fingerprint density at radius 2 is 1.71 bits per heavy atom. The number of anilines is 1. The normalized spacial score (nSPS) is 11.5. The molecule has 0 unspecified atom stereocenters. The zero-order valence-electron chi connectivity index (χ0n) is 12.7. The van der Waals surface area contributed by atoms with E-state index in [1.807, 2.05) is 0 Å². The van der Waals surface area contributed by atoms with E-state index in [0.29, 0.717) is 34.0 Å². The number of aromatic amines is 1. The van der Waals surface area contributed by atoms with E-state index in [-0.39, 0.29) is 4.90 Å². The molecule has 0 amide bonds.